The van der Waals surface area contributed by atoms with Gasteiger partial charge in [-0.3, -0.25) is 39.1 Å². The van der Waals surface area contributed by atoms with Crippen LogP contribution in [0.1, 0.15) is 162 Å². The molecule has 0 saturated carbocycles. The first kappa shape index (κ1) is 68.7. The number of hydrogen-bond acceptors (Lipinski definition) is 18. The Morgan fingerprint density at radius 2 is 1.63 bits per heavy atom. The van der Waals surface area contributed by atoms with E-state index in [2.05, 4.69) is 70.8 Å². The molecular weight excluding hydrogens is 1160 g/mol. The number of piperidine rings is 1. The summed E-state index contributed by atoms with van der Waals surface area (Å²) < 4.78 is 23.0. The molecule has 89 heavy (non-hydrogen) atoms. The van der Waals surface area contributed by atoms with Crippen LogP contribution in [0.15, 0.2) is 60.2 Å². The highest BCUT2D eigenvalue weighted by molar-refractivity contribution is 7.09. The van der Waals surface area contributed by atoms with E-state index >= 15 is 0 Å². The molecule has 0 bridgehead atoms. The summed E-state index contributed by atoms with van der Waals surface area (Å²) in [6, 6.07) is 13.4. The molecule has 0 unspecified atom stereocenters. The Balaban J connectivity index is 0.802. The summed E-state index contributed by atoms with van der Waals surface area (Å²) in [6.45, 7) is 14.9. The van der Waals surface area contributed by atoms with Crippen LogP contribution >= 0.6 is 11.3 Å². The summed E-state index contributed by atoms with van der Waals surface area (Å²) in [4.78, 5) is 118. The monoisotopic (exact) mass is 1250 g/mol. The van der Waals surface area contributed by atoms with E-state index < -0.39 is 42.0 Å². The minimum atomic E-state index is -0.901. The molecule has 26 heteroatoms. The van der Waals surface area contributed by atoms with Crippen molar-refractivity contribution in [2.24, 2.45) is 11.8 Å². The third-order valence-corrected chi connectivity index (χ3v) is 17.1. The van der Waals surface area contributed by atoms with Gasteiger partial charge in [-0.15, -0.1) is 11.3 Å². The van der Waals surface area contributed by atoms with Gasteiger partial charge in [0.25, 0.3) is 5.91 Å². The Bertz CT molecular complexity index is 3120. The molecule has 0 radical (unpaired) electrons. The lowest BCUT2D eigenvalue weighted by molar-refractivity contribution is -0.143. The highest BCUT2D eigenvalue weighted by Crippen LogP contribution is 2.34. The predicted octanol–water partition coefficient (Wildman–Crippen LogP) is 6.31. The van der Waals surface area contributed by atoms with Gasteiger partial charge in [0, 0.05) is 63.0 Å². The molecule has 1 aliphatic heterocycles. The lowest BCUT2D eigenvalue weighted by Gasteiger charge is -2.40. The first-order valence-corrected chi connectivity index (χ1v) is 32.1. The third kappa shape index (κ3) is 20.4. The van der Waals surface area contributed by atoms with Crippen molar-refractivity contribution < 1.29 is 52.5 Å². The lowest BCUT2D eigenvalue weighted by atomic mass is 9.79. The molecule has 3 aromatic heterocycles. The van der Waals surface area contributed by atoms with Crippen molar-refractivity contribution in [2.45, 2.75) is 168 Å². The number of hydrogen-bond donors (Lipinski definition) is 8. The molecule has 2 aromatic carbocycles. The van der Waals surface area contributed by atoms with E-state index in [9.17, 15) is 33.6 Å². The van der Waals surface area contributed by atoms with E-state index in [1.165, 1.54) is 17.7 Å². The van der Waals surface area contributed by atoms with Gasteiger partial charge in [0.15, 0.2) is 5.65 Å². The zero-order chi connectivity index (χ0) is 63.8. The Hall–Kier alpha value is -7.81. The summed E-state index contributed by atoms with van der Waals surface area (Å²) in [5.74, 6) is -1.94. The molecule has 4 heterocycles. The van der Waals surface area contributed by atoms with E-state index in [4.69, 9.17) is 29.7 Å². The van der Waals surface area contributed by atoms with Crippen molar-refractivity contribution in [1.82, 2.24) is 66.8 Å². The molecule has 25 nitrogen and oxygen atoms in total. The normalized spacial score (nSPS) is 17.1. The summed E-state index contributed by atoms with van der Waals surface area (Å²) in [6.07, 6.45) is 6.86. The molecule has 1 fully saturated rings. The molecule has 484 valence electrons. The number of rotatable bonds is 33. The van der Waals surface area contributed by atoms with Crippen molar-refractivity contribution in [1.29, 1.82) is 0 Å². The van der Waals surface area contributed by atoms with Crippen LogP contribution in [0, 0.1) is 11.8 Å². The van der Waals surface area contributed by atoms with E-state index in [0.29, 0.717) is 67.4 Å². The number of amides is 7. The smallest absolute Gasteiger partial charge is 0.426 e. The number of thiazole rings is 1. The number of nitrogens with one attached hydrogen (secondary N) is 7. The fraction of sp³-hybridized carbons (Fsp3) is 0.571. The number of H-pyrrole nitrogens is 1. The zero-order valence-electron chi connectivity index (χ0n) is 52.4. The average molecular weight is 1250 g/mol. The highest BCUT2D eigenvalue weighted by Gasteiger charge is 2.39. The second-order valence-corrected chi connectivity index (χ2v) is 24.1. The van der Waals surface area contributed by atoms with Crippen LogP contribution in [0.4, 0.5) is 10.7 Å². The minimum absolute atomic E-state index is 0.0273. The number of carbonyl (C=O) groups is 7. The molecular formula is C63H90N14O11S. The maximum absolute atomic E-state index is 14.8. The first-order valence-electron chi connectivity index (χ1n) is 31.2. The number of aromatic amines is 1. The molecule has 1 saturated heterocycles. The second-order valence-electron chi connectivity index (χ2n) is 23.2. The standard InChI is InChI=1S/C63H90N14O11S/c1-8-26-77(61(83)53(40(6)10-3)71-58(82)48-18-13-14-27-76(48)7)49(39(4)5)34-50(86-28-9-2)60-70-47(37-89-60)57(81)69-44-32-43-16-11-12-17-45(43)46(33-44)56(80)74-75-63(84)87-31-30-85-29-25-65-51(78)19-15-20-52(79)66-35-41-21-23-42(24-22-41)36-88-59-54-55(68-38-67-54)72-62(64)73-59/h11-12,16-17,21-24,37-40,44,46,48-50,53H,8-10,13-15,18-20,25-36H2,1-7H3,(H,65,78)(H,66,79)(H,69,81)(H,71,82)(H,74,80)(H,75,84)(H3,64,67,68,72,73)/t40-,44-,46+,48+,49+,50+,53-/m0/s1. The van der Waals surface area contributed by atoms with E-state index in [0.717, 1.165) is 60.9 Å². The van der Waals surface area contributed by atoms with Gasteiger partial charge in [0.2, 0.25) is 41.4 Å². The Labute approximate surface area is 524 Å². The molecule has 0 spiro atoms. The topological polar surface area (TPSA) is 328 Å². The Morgan fingerprint density at radius 1 is 0.865 bits per heavy atom. The second kappa shape index (κ2) is 34.8. The van der Waals surface area contributed by atoms with Crippen LogP contribution in [-0.2, 0) is 57.8 Å². The number of hydrazine groups is 1. The number of anilines is 1. The van der Waals surface area contributed by atoms with Crippen LogP contribution in [-0.4, -0.2) is 154 Å². The largest absolute Gasteiger partial charge is 0.471 e. The number of ether oxygens (including phenoxy) is 4. The molecule has 7 rings (SSSR count). The zero-order valence-corrected chi connectivity index (χ0v) is 53.2. The van der Waals surface area contributed by atoms with Gasteiger partial charge in [0.05, 0.1) is 31.5 Å². The molecule has 2 aliphatic rings. The third-order valence-electron chi connectivity index (χ3n) is 16.1. The lowest BCUT2D eigenvalue weighted by Crippen LogP contribution is -2.58. The number of benzene rings is 2. The fourth-order valence-corrected chi connectivity index (χ4v) is 11.9. The summed E-state index contributed by atoms with van der Waals surface area (Å²) >= 11 is 1.33. The maximum Gasteiger partial charge on any atom is 0.426 e. The Kier molecular flexibility index (Phi) is 26.9. The van der Waals surface area contributed by atoms with E-state index in [1.807, 2.05) is 88.2 Å². The van der Waals surface area contributed by atoms with Crippen molar-refractivity contribution in [3.05, 3.63) is 93.2 Å². The number of nitrogen functional groups attached to an aromatic ring is 1. The number of likely N-dealkylation sites (N-methyl/N-ethyl adjacent to an activating group) is 1. The molecule has 5 aromatic rings. The maximum atomic E-state index is 14.8. The molecule has 7 atom stereocenters. The molecule has 9 N–H and O–H groups in total. The van der Waals surface area contributed by atoms with Crippen molar-refractivity contribution in [3.8, 4) is 5.88 Å². The van der Waals surface area contributed by atoms with Gasteiger partial charge >= 0.3 is 6.09 Å². The average Bonchev–Trinajstić information content (AvgIpc) is 2.76. The van der Waals surface area contributed by atoms with Crippen LogP contribution < -0.4 is 42.6 Å². The van der Waals surface area contributed by atoms with Crippen LogP contribution in [0.25, 0.3) is 11.2 Å². The SMILES string of the molecule is CCCO[C@H](C[C@H](C(C)C)N(CCC)C(=O)[C@@H](NC(=O)[C@H]1CCCCN1C)[C@@H](C)CC)c1nc(C(=O)N[C@H]2Cc3ccccc3[C@H](C(=O)NNC(=O)OCCOCCNC(=O)CCCC(=O)NCc3ccc(COc4nc(N)nc5nc[nH]c45)cc3)C2)cs1. The van der Waals surface area contributed by atoms with Gasteiger partial charge in [-0.25, -0.2) is 20.2 Å². The summed E-state index contributed by atoms with van der Waals surface area (Å²) in [5, 5.41) is 14.2. The van der Waals surface area contributed by atoms with Gasteiger partial charge in [-0.2, -0.15) is 9.97 Å². The number of carbonyl (C=O) groups excluding carboxylic acids is 7. The summed E-state index contributed by atoms with van der Waals surface area (Å²) in [7, 11) is 1.97. The molecule has 1 aliphatic carbocycles. The van der Waals surface area contributed by atoms with Crippen LogP contribution in [0.3, 0.4) is 0 Å². The highest BCUT2D eigenvalue weighted by atomic mass is 32.1. The van der Waals surface area contributed by atoms with Crippen molar-refractivity contribution in [3.63, 3.8) is 0 Å². The van der Waals surface area contributed by atoms with Crippen LogP contribution in [0.2, 0.25) is 0 Å². The number of fused-ring (bicyclic) bond motifs is 2. The number of likely N-dealkylation sites (tertiary alicyclic amines) is 1. The number of aromatic nitrogens is 5. The quantitative estimate of drug-likeness (QED) is 0.0168. The minimum Gasteiger partial charge on any atom is -0.471 e. The number of nitrogens with zero attached hydrogens (tertiary/aromatic N) is 6. The van der Waals surface area contributed by atoms with Crippen molar-refractivity contribution >= 4 is 70.0 Å². The predicted molar refractivity (Wildman–Crippen MR) is 336 cm³/mol. The Morgan fingerprint density at radius 3 is 2.37 bits per heavy atom. The first-order chi connectivity index (χ1) is 43.0. The van der Waals surface area contributed by atoms with Gasteiger partial charge in [-0.05, 0) is 92.6 Å². The fourth-order valence-electron chi connectivity index (χ4n) is 11.1. The van der Waals surface area contributed by atoms with Gasteiger partial charge in [-0.1, -0.05) is 103 Å². The number of imidazole rings is 1. The van der Waals surface area contributed by atoms with E-state index in [1.54, 1.807) is 5.38 Å². The summed E-state index contributed by atoms with van der Waals surface area (Å²) in [5.41, 5.74) is 15.1. The van der Waals surface area contributed by atoms with E-state index in [-0.39, 0.29) is 111 Å². The van der Waals surface area contributed by atoms with Crippen molar-refractivity contribution in [2.75, 3.05) is 58.8 Å². The van der Waals surface area contributed by atoms with Gasteiger partial charge in [0.1, 0.15) is 41.6 Å². The van der Waals surface area contributed by atoms with Gasteiger partial charge < -0.3 is 55.8 Å². The number of nitrogens with two attached hydrogens (primary N) is 1. The van der Waals surface area contributed by atoms with Crippen LogP contribution in [0.5, 0.6) is 5.88 Å². The molecule has 7 amide bonds.